The molecule has 0 aliphatic carbocycles. The van der Waals surface area contributed by atoms with Crippen molar-refractivity contribution in [2.24, 2.45) is 0 Å². The smallest absolute Gasteiger partial charge is 0.130 e. The summed E-state index contributed by atoms with van der Waals surface area (Å²) >= 11 is 0. The molecule has 2 aromatic rings. The minimum absolute atomic E-state index is 0.468. The van der Waals surface area contributed by atoms with Crippen LogP contribution in [0, 0.1) is 11.6 Å². The van der Waals surface area contributed by atoms with Gasteiger partial charge in [0.15, 0.2) is 0 Å². The summed E-state index contributed by atoms with van der Waals surface area (Å²) < 4.78 is 26.5. The van der Waals surface area contributed by atoms with Crippen LogP contribution >= 0.6 is 0 Å². The number of hydrogen-bond donors (Lipinski definition) is 0. The third-order valence-electron chi connectivity index (χ3n) is 3.36. The number of aromatic nitrogens is 2. The first kappa shape index (κ1) is 12.2. The first-order valence-electron chi connectivity index (χ1n) is 6.16. The quantitative estimate of drug-likeness (QED) is 0.830. The van der Waals surface area contributed by atoms with Crippen LogP contribution in [0.15, 0.2) is 30.7 Å². The molecule has 0 N–H and O–H groups in total. The topological polar surface area (TPSA) is 29.0 Å². The highest BCUT2D eigenvalue weighted by Crippen LogP contribution is 2.19. The highest BCUT2D eigenvalue weighted by atomic mass is 19.1. The standard InChI is InChI=1S/C14H13F2N3/c15-12-2-1-11(13(16)5-12)7-19-4-3-10-6-17-9-18-14(10)8-19/h1-2,5-6,9H,3-4,7-8H2. The molecule has 2 heterocycles. The van der Waals surface area contributed by atoms with Crippen molar-refractivity contribution in [3.05, 3.63) is 59.2 Å². The maximum atomic E-state index is 13.6. The number of hydrogen-bond acceptors (Lipinski definition) is 3. The van der Waals surface area contributed by atoms with Gasteiger partial charge in [-0.2, -0.15) is 0 Å². The molecule has 1 aromatic carbocycles. The molecule has 5 heteroatoms. The lowest BCUT2D eigenvalue weighted by atomic mass is 10.1. The summed E-state index contributed by atoms with van der Waals surface area (Å²) in [5.41, 5.74) is 2.65. The fourth-order valence-corrected chi connectivity index (χ4v) is 2.33. The van der Waals surface area contributed by atoms with Crippen LogP contribution < -0.4 is 0 Å². The Kier molecular flexibility index (Phi) is 3.21. The van der Waals surface area contributed by atoms with Gasteiger partial charge >= 0.3 is 0 Å². The summed E-state index contributed by atoms with van der Waals surface area (Å²) in [5.74, 6) is -1.04. The Morgan fingerprint density at radius 2 is 2.16 bits per heavy atom. The van der Waals surface area contributed by atoms with Gasteiger partial charge in [-0.3, -0.25) is 4.90 Å². The van der Waals surface area contributed by atoms with E-state index in [1.54, 1.807) is 0 Å². The first-order chi connectivity index (χ1) is 9.22. The van der Waals surface area contributed by atoms with Gasteiger partial charge in [0.2, 0.25) is 0 Å². The van der Waals surface area contributed by atoms with Gasteiger partial charge in [0.25, 0.3) is 0 Å². The molecule has 0 radical (unpaired) electrons. The second kappa shape index (κ2) is 5.01. The number of fused-ring (bicyclic) bond motifs is 1. The Balaban J connectivity index is 1.75. The SMILES string of the molecule is Fc1ccc(CN2CCc3cncnc3C2)c(F)c1. The molecule has 19 heavy (non-hydrogen) atoms. The van der Waals surface area contributed by atoms with Crippen molar-refractivity contribution >= 4 is 0 Å². The summed E-state index contributed by atoms with van der Waals surface area (Å²) in [6.07, 6.45) is 4.22. The Labute approximate surface area is 109 Å². The van der Waals surface area contributed by atoms with Crippen molar-refractivity contribution in [3.63, 3.8) is 0 Å². The van der Waals surface area contributed by atoms with Crippen LogP contribution in [0.3, 0.4) is 0 Å². The van der Waals surface area contributed by atoms with Gasteiger partial charge in [0.1, 0.15) is 18.0 Å². The van der Waals surface area contributed by atoms with Gasteiger partial charge in [0, 0.05) is 37.5 Å². The van der Waals surface area contributed by atoms with Gasteiger partial charge in [-0.25, -0.2) is 18.7 Å². The van der Waals surface area contributed by atoms with Crippen LogP contribution in [0.1, 0.15) is 16.8 Å². The van der Waals surface area contributed by atoms with Crippen molar-refractivity contribution in [3.8, 4) is 0 Å². The molecule has 0 fully saturated rings. The van der Waals surface area contributed by atoms with Gasteiger partial charge < -0.3 is 0 Å². The summed E-state index contributed by atoms with van der Waals surface area (Å²) in [6, 6.07) is 3.72. The van der Waals surface area contributed by atoms with E-state index in [1.807, 2.05) is 6.20 Å². The lowest BCUT2D eigenvalue weighted by Crippen LogP contribution is -2.31. The van der Waals surface area contributed by atoms with Crippen LogP contribution in [0.2, 0.25) is 0 Å². The highest BCUT2D eigenvalue weighted by Gasteiger charge is 2.18. The Morgan fingerprint density at radius 3 is 3.00 bits per heavy atom. The van der Waals surface area contributed by atoms with E-state index < -0.39 is 11.6 Å². The molecule has 0 atom stereocenters. The fraction of sp³-hybridized carbons (Fsp3) is 0.286. The Hall–Kier alpha value is -1.88. The largest absolute Gasteiger partial charge is 0.293 e. The van der Waals surface area contributed by atoms with E-state index in [0.29, 0.717) is 18.7 Å². The normalized spacial score (nSPS) is 15.3. The van der Waals surface area contributed by atoms with E-state index in [9.17, 15) is 8.78 Å². The maximum Gasteiger partial charge on any atom is 0.130 e. The van der Waals surface area contributed by atoms with Crippen LogP contribution in [-0.2, 0) is 19.5 Å². The minimum atomic E-state index is -0.544. The monoisotopic (exact) mass is 261 g/mol. The number of nitrogens with zero attached hydrogens (tertiary/aromatic N) is 3. The molecule has 3 rings (SSSR count). The molecule has 0 saturated heterocycles. The van der Waals surface area contributed by atoms with Crippen molar-refractivity contribution in [1.29, 1.82) is 0 Å². The Bertz CT molecular complexity index is 601. The maximum absolute atomic E-state index is 13.6. The van der Waals surface area contributed by atoms with Crippen LogP contribution in [0.5, 0.6) is 0 Å². The van der Waals surface area contributed by atoms with Crippen molar-refractivity contribution in [2.45, 2.75) is 19.5 Å². The molecule has 98 valence electrons. The predicted octanol–water partition coefficient (Wildman–Crippen LogP) is 2.31. The molecular formula is C14H13F2N3. The van der Waals surface area contributed by atoms with Crippen LogP contribution in [-0.4, -0.2) is 21.4 Å². The molecule has 0 spiro atoms. The van der Waals surface area contributed by atoms with Gasteiger partial charge in [-0.1, -0.05) is 6.07 Å². The minimum Gasteiger partial charge on any atom is -0.293 e. The molecular weight excluding hydrogens is 248 g/mol. The lowest BCUT2D eigenvalue weighted by molar-refractivity contribution is 0.237. The van der Waals surface area contributed by atoms with Crippen LogP contribution in [0.25, 0.3) is 0 Å². The molecule has 3 nitrogen and oxygen atoms in total. The van der Waals surface area contributed by atoms with Gasteiger partial charge in [-0.05, 0) is 18.1 Å². The van der Waals surface area contributed by atoms with E-state index >= 15 is 0 Å². The van der Waals surface area contributed by atoms with Crippen molar-refractivity contribution in [1.82, 2.24) is 14.9 Å². The zero-order valence-electron chi connectivity index (χ0n) is 10.3. The average molecular weight is 261 g/mol. The molecule has 0 unspecified atom stereocenters. The number of rotatable bonds is 2. The third kappa shape index (κ3) is 2.61. The fourth-order valence-electron chi connectivity index (χ4n) is 2.33. The zero-order chi connectivity index (χ0) is 13.2. The third-order valence-corrected chi connectivity index (χ3v) is 3.36. The summed E-state index contributed by atoms with van der Waals surface area (Å²) in [6.45, 7) is 1.97. The molecule has 1 aliphatic heterocycles. The molecule has 1 aromatic heterocycles. The first-order valence-corrected chi connectivity index (χ1v) is 6.16. The van der Waals surface area contributed by atoms with Crippen molar-refractivity contribution < 1.29 is 8.78 Å². The van der Waals surface area contributed by atoms with Crippen LogP contribution in [0.4, 0.5) is 8.78 Å². The zero-order valence-corrected chi connectivity index (χ0v) is 10.3. The van der Waals surface area contributed by atoms with E-state index in [0.717, 1.165) is 30.3 Å². The second-order valence-electron chi connectivity index (χ2n) is 4.69. The Morgan fingerprint density at radius 1 is 1.26 bits per heavy atom. The van der Waals surface area contributed by atoms with Gasteiger partial charge in [-0.15, -0.1) is 0 Å². The second-order valence-corrected chi connectivity index (χ2v) is 4.69. The average Bonchev–Trinajstić information content (AvgIpc) is 2.42. The summed E-state index contributed by atoms with van der Waals surface area (Å²) in [7, 11) is 0. The van der Waals surface area contributed by atoms with E-state index in [-0.39, 0.29) is 0 Å². The lowest BCUT2D eigenvalue weighted by Gasteiger charge is -2.27. The van der Waals surface area contributed by atoms with Crippen molar-refractivity contribution in [2.75, 3.05) is 6.54 Å². The number of benzene rings is 1. The van der Waals surface area contributed by atoms with E-state index in [4.69, 9.17) is 0 Å². The number of halogens is 2. The molecule has 1 aliphatic rings. The summed E-state index contributed by atoms with van der Waals surface area (Å²) in [4.78, 5) is 10.3. The molecule has 0 amide bonds. The predicted molar refractivity (Wildman–Crippen MR) is 66.2 cm³/mol. The molecule has 0 saturated carbocycles. The molecule has 0 bridgehead atoms. The van der Waals surface area contributed by atoms with Gasteiger partial charge in [0.05, 0.1) is 5.69 Å². The van der Waals surface area contributed by atoms with E-state index in [2.05, 4.69) is 14.9 Å². The summed E-state index contributed by atoms with van der Waals surface area (Å²) in [5, 5.41) is 0. The highest BCUT2D eigenvalue weighted by molar-refractivity contribution is 5.21. The van der Waals surface area contributed by atoms with E-state index in [1.165, 1.54) is 18.5 Å².